The van der Waals surface area contributed by atoms with Crippen molar-refractivity contribution in [2.75, 3.05) is 0 Å². The Morgan fingerprint density at radius 1 is 1.35 bits per heavy atom. The van der Waals surface area contributed by atoms with Crippen molar-refractivity contribution in [2.24, 2.45) is 5.73 Å². The normalized spacial score (nSPS) is 12.9. The average molecular weight is 230 g/mol. The molecular weight excluding hydrogens is 212 g/mol. The van der Waals surface area contributed by atoms with Crippen LogP contribution in [0.3, 0.4) is 0 Å². The molecule has 0 fully saturated rings. The van der Waals surface area contributed by atoms with Gasteiger partial charge in [0, 0.05) is 24.2 Å². The maximum Gasteiger partial charge on any atom is 0.258 e. The minimum atomic E-state index is 0.0376. The van der Waals surface area contributed by atoms with E-state index >= 15 is 0 Å². The number of benzene rings is 1. The van der Waals surface area contributed by atoms with Gasteiger partial charge in [0.25, 0.3) is 5.56 Å². The summed E-state index contributed by atoms with van der Waals surface area (Å²) in [5.41, 5.74) is 7.10. The third-order valence-electron chi connectivity index (χ3n) is 3.09. The molecule has 0 saturated carbocycles. The van der Waals surface area contributed by atoms with Gasteiger partial charge in [0.15, 0.2) is 0 Å². The first kappa shape index (κ1) is 11.9. The van der Waals surface area contributed by atoms with Crippen LogP contribution in [0.15, 0.2) is 35.3 Å². The second-order valence-corrected chi connectivity index (χ2v) is 4.53. The highest BCUT2D eigenvalue weighted by Crippen LogP contribution is 2.11. The fraction of sp³-hybridized carbons (Fsp3) is 0.357. The number of fused-ring (bicyclic) bond motifs is 1. The van der Waals surface area contributed by atoms with Crippen molar-refractivity contribution >= 4 is 10.8 Å². The van der Waals surface area contributed by atoms with Gasteiger partial charge < -0.3 is 10.3 Å². The minimum Gasteiger partial charge on any atom is -0.326 e. The highest BCUT2D eigenvalue weighted by molar-refractivity contribution is 5.81. The van der Waals surface area contributed by atoms with Gasteiger partial charge in [-0.1, -0.05) is 24.6 Å². The first-order valence-corrected chi connectivity index (χ1v) is 5.97. The van der Waals surface area contributed by atoms with Crippen LogP contribution in [0.4, 0.5) is 0 Å². The van der Waals surface area contributed by atoms with Gasteiger partial charge in [-0.3, -0.25) is 4.79 Å². The van der Waals surface area contributed by atoms with Gasteiger partial charge in [-0.25, -0.2) is 0 Å². The van der Waals surface area contributed by atoms with E-state index in [0.717, 1.165) is 17.2 Å². The molecular formula is C14H18N2O. The van der Waals surface area contributed by atoms with E-state index in [1.54, 1.807) is 4.57 Å². The smallest absolute Gasteiger partial charge is 0.258 e. The van der Waals surface area contributed by atoms with Crippen molar-refractivity contribution in [3.8, 4) is 0 Å². The number of nitrogens with two attached hydrogens (primary N) is 1. The van der Waals surface area contributed by atoms with Crippen LogP contribution < -0.4 is 11.3 Å². The van der Waals surface area contributed by atoms with Crippen molar-refractivity contribution in [1.82, 2.24) is 4.57 Å². The Bertz CT molecular complexity index is 586. The minimum absolute atomic E-state index is 0.0376. The lowest BCUT2D eigenvalue weighted by molar-refractivity contribution is 0.529. The van der Waals surface area contributed by atoms with E-state index in [1.165, 1.54) is 5.56 Å². The van der Waals surface area contributed by atoms with E-state index in [4.69, 9.17) is 5.73 Å². The van der Waals surface area contributed by atoms with Gasteiger partial charge in [0.05, 0.1) is 0 Å². The monoisotopic (exact) mass is 230 g/mol. The molecule has 2 rings (SSSR count). The molecule has 0 aliphatic carbocycles. The zero-order chi connectivity index (χ0) is 12.4. The summed E-state index contributed by atoms with van der Waals surface area (Å²) in [6.07, 6.45) is 2.71. The van der Waals surface area contributed by atoms with Gasteiger partial charge in [-0.2, -0.15) is 0 Å². The van der Waals surface area contributed by atoms with Crippen LogP contribution in [0.5, 0.6) is 0 Å². The van der Waals surface area contributed by atoms with Gasteiger partial charge in [0.1, 0.15) is 0 Å². The summed E-state index contributed by atoms with van der Waals surface area (Å²) in [6.45, 7) is 4.64. The molecule has 0 aliphatic rings. The molecule has 90 valence electrons. The molecule has 3 nitrogen and oxygen atoms in total. The standard InChI is InChI=1S/C14H18N2O/c1-3-12(15)9-16-7-6-11-8-10(2)4-5-13(11)14(16)17/h4-8,12H,3,9,15H2,1-2H3. The number of hydrogen-bond donors (Lipinski definition) is 1. The van der Waals surface area contributed by atoms with Gasteiger partial charge >= 0.3 is 0 Å². The largest absolute Gasteiger partial charge is 0.326 e. The van der Waals surface area contributed by atoms with Crippen LogP contribution >= 0.6 is 0 Å². The van der Waals surface area contributed by atoms with E-state index in [2.05, 4.69) is 0 Å². The molecule has 0 bridgehead atoms. The van der Waals surface area contributed by atoms with Gasteiger partial charge in [0.2, 0.25) is 0 Å². The van der Waals surface area contributed by atoms with Crippen LogP contribution in [0.1, 0.15) is 18.9 Å². The highest BCUT2D eigenvalue weighted by atomic mass is 16.1. The average Bonchev–Trinajstić information content (AvgIpc) is 2.32. The molecule has 1 aromatic heterocycles. The van der Waals surface area contributed by atoms with Crippen molar-refractivity contribution in [3.63, 3.8) is 0 Å². The maximum absolute atomic E-state index is 12.2. The van der Waals surface area contributed by atoms with Crippen molar-refractivity contribution < 1.29 is 0 Å². The summed E-state index contributed by atoms with van der Waals surface area (Å²) in [6, 6.07) is 7.90. The Labute approximate surface area is 101 Å². The summed E-state index contributed by atoms with van der Waals surface area (Å²) in [5, 5.41) is 1.76. The van der Waals surface area contributed by atoms with Crippen LogP contribution in [0.25, 0.3) is 10.8 Å². The topological polar surface area (TPSA) is 48.0 Å². The second-order valence-electron chi connectivity index (χ2n) is 4.53. The molecule has 1 aromatic carbocycles. The molecule has 1 unspecified atom stereocenters. The number of rotatable bonds is 3. The van der Waals surface area contributed by atoms with Crippen LogP contribution in [0, 0.1) is 6.92 Å². The molecule has 1 atom stereocenters. The molecule has 17 heavy (non-hydrogen) atoms. The van der Waals surface area contributed by atoms with Gasteiger partial charge in [-0.15, -0.1) is 0 Å². The zero-order valence-electron chi connectivity index (χ0n) is 10.3. The molecule has 0 radical (unpaired) electrons. The van der Waals surface area contributed by atoms with E-state index < -0.39 is 0 Å². The number of aromatic nitrogens is 1. The second kappa shape index (κ2) is 4.72. The third-order valence-corrected chi connectivity index (χ3v) is 3.09. The van der Waals surface area contributed by atoms with Crippen LogP contribution in [0.2, 0.25) is 0 Å². The number of nitrogens with zero attached hydrogens (tertiary/aromatic N) is 1. The lowest BCUT2D eigenvalue weighted by atomic mass is 10.1. The predicted molar refractivity (Wildman–Crippen MR) is 71.2 cm³/mol. The zero-order valence-corrected chi connectivity index (χ0v) is 10.3. The first-order valence-electron chi connectivity index (χ1n) is 5.97. The molecule has 0 saturated heterocycles. The van der Waals surface area contributed by atoms with Crippen LogP contribution in [-0.4, -0.2) is 10.6 Å². The summed E-state index contributed by atoms with van der Waals surface area (Å²) in [7, 11) is 0. The van der Waals surface area contributed by atoms with Crippen molar-refractivity contribution in [3.05, 3.63) is 46.4 Å². The lowest BCUT2D eigenvalue weighted by Crippen LogP contribution is -2.31. The summed E-state index contributed by atoms with van der Waals surface area (Å²) in [4.78, 5) is 12.2. The summed E-state index contributed by atoms with van der Waals surface area (Å²) < 4.78 is 1.70. The quantitative estimate of drug-likeness (QED) is 0.877. The van der Waals surface area contributed by atoms with Crippen molar-refractivity contribution in [2.45, 2.75) is 32.9 Å². The van der Waals surface area contributed by atoms with E-state index in [0.29, 0.717) is 6.54 Å². The molecule has 2 N–H and O–H groups in total. The molecule has 2 aromatic rings. The van der Waals surface area contributed by atoms with Gasteiger partial charge in [-0.05, 0) is 30.9 Å². The Morgan fingerprint density at radius 2 is 2.12 bits per heavy atom. The molecule has 1 heterocycles. The Hall–Kier alpha value is -1.61. The molecule has 3 heteroatoms. The maximum atomic E-state index is 12.2. The van der Waals surface area contributed by atoms with Crippen molar-refractivity contribution in [1.29, 1.82) is 0 Å². The number of pyridine rings is 1. The first-order chi connectivity index (χ1) is 8.11. The Balaban J connectivity index is 2.51. The Morgan fingerprint density at radius 3 is 2.82 bits per heavy atom. The summed E-state index contributed by atoms with van der Waals surface area (Å²) in [5.74, 6) is 0. The number of aryl methyl sites for hydroxylation is 1. The molecule has 0 spiro atoms. The third kappa shape index (κ3) is 2.39. The SMILES string of the molecule is CCC(N)Cn1ccc2cc(C)ccc2c1=O. The fourth-order valence-electron chi connectivity index (χ4n) is 1.93. The molecule has 0 amide bonds. The van der Waals surface area contributed by atoms with E-state index in [-0.39, 0.29) is 11.6 Å². The predicted octanol–water partition coefficient (Wildman–Crippen LogP) is 2.05. The lowest BCUT2D eigenvalue weighted by Gasteiger charge is -2.12. The van der Waals surface area contributed by atoms with Crippen LogP contribution in [-0.2, 0) is 6.54 Å². The fourth-order valence-corrected chi connectivity index (χ4v) is 1.93. The summed E-state index contributed by atoms with van der Waals surface area (Å²) >= 11 is 0. The molecule has 0 aliphatic heterocycles. The van der Waals surface area contributed by atoms with E-state index in [1.807, 2.05) is 44.3 Å². The number of hydrogen-bond acceptors (Lipinski definition) is 2. The highest BCUT2D eigenvalue weighted by Gasteiger charge is 2.05. The van der Waals surface area contributed by atoms with E-state index in [9.17, 15) is 4.79 Å². The Kier molecular flexibility index (Phi) is 3.29.